The summed E-state index contributed by atoms with van der Waals surface area (Å²) in [5, 5.41) is 3.53. The summed E-state index contributed by atoms with van der Waals surface area (Å²) in [7, 11) is 0. The molecule has 2 unspecified atom stereocenters. The highest BCUT2D eigenvalue weighted by Crippen LogP contribution is 2.21. The van der Waals surface area contributed by atoms with Crippen molar-refractivity contribution in [1.29, 1.82) is 0 Å². The van der Waals surface area contributed by atoms with Gasteiger partial charge in [-0.25, -0.2) is 0 Å². The minimum absolute atomic E-state index is 0.451. The second-order valence-electron chi connectivity index (χ2n) is 4.62. The number of nitrogens with two attached hydrogens (primary N) is 1. The van der Waals surface area contributed by atoms with Gasteiger partial charge in [0.05, 0.1) is 0 Å². The summed E-state index contributed by atoms with van der Waals surface area (Å²) in [5.74, 6) is 0.731. The Morgan fingerprint density at radius 1 is 1.21 bits per heavy atom. The molecule has 2 heteroatoms. The molecule has 0 heterocycles. The van der Waals surface area contributed by atoms with Crippen molar-refractivity contribution in [3.05, 3.63) is 0 Å². The van der Waals surface area contributed by atoms with Crippen molar-refractivity contribution in [2.75, 3.05) is 13.1 Å². The number of hydrogen-bond acceptors (Lipinski definition) is 2. The Hall–Kier alpha value is -0.0800. The van der Waals surface area contributed by atoms with Gasteiger partial charge >= 0.3 is 0 Å². The summed E-state index contributed by atoms with van der Waals surface area (Å²) in [4.78, 5) is 0. The first-order valence-corrected chi connectivity index (χ1v) is 6.31. The van der Waals surface area contributed by atoms with E-state index in [-0.39, 0.29) is 0 Å². The molecule has 0 bridgehead atoms. The Balaban J connectivity index is 2.13. The van der Waals surface area contributed by atoms with Gasteiger partial charge in [-0.2, -0.15) is 0 Å². The van der Waals surface area contributed by atoms with Crippen LogP contribution < -0.4 is 11.1 Å². The van der Waals surface area contributed by atoms with Crippen LogP contribution >= 0.6 is 0 Å². The molecular weight excluding hydrogens is 172 g/mol. The molecule has 0 amide bonds. The third-order valence-electron chi connectivity index (χ3n) is 3.33. The summed E-state index contributed by atoms with van der Waals surface area (Å²) >= 11 is 0. The van der Waals surface area contributed by atoms with Crippen molar-refractivity contribution in [2.24, 2.45) is 11.7 Å². The lowest BCUT2D eigenvalue weighted by molar-refractivity contribution is 0.374. The van der Waals surface area contributed by atoms with Gasteiger partial charge in [0.15, 0.2) is 0 Å². The van der Waals surface area contributed by atoms with Crippen LogP contribution in [0.4, 0.5) is 0 Å². The molecule has 1 aliphatic carbocycles. The summed E-state index contributed by atoms with van der Waals surface area (Å²) < 4.78 is 0. The van der Waals surface area contributed by atoms with Gasteiger partial charge in [0.25, 0.3) is 0 Å². The number of unbranched alkanes of at least 4 members (excludes halogenated alkanes) is 1. The minimum Gasteiger partial charge on any atom is -0.327 e. The van der Waals surface area contributed by atoms with E-state index >= 15 is 0 Å². The predicted octanol–water partition coefficient (Wildman–Crippen LogP) is 2.28. The Morgan fingerprint density at radius 2 is 2.00 bits per heavy atom. The fourth-order valence-corrected chi connectivity index (χ4v) is 2.26. The predicted molar refractivity (Wildman–Crippen MR) is 62.3 cm³/mol. The van der Waals surface area contributed by atoms with Crippen LogP contribution in [-0.4, -0.2) is 19.1 Å². The maximum Gasteiger partial charge on any atom is 0.00792 e. The quantitative estimate of drug-likeness (QED) is 0.525. The van der Waals surface area contributed by atoms with Crippen LogP contribution in [0, 0.1) is 5.92 Å². The molecule has 3 N–H and O–H groups in total. The van der Waals surface area contributed by atoms with Crippen LogP contribution in [0.25, 0.3) is 0 Å². The van der Waals surface area contributed by atoms with Crippen LogP contribution in [0.2, 0.25) is 0 Å². The molecule has 0 aliphatic heterocycles. The van der Waals surface area contributed by atoms with Gasteiger partial charge in [-0.05, 0) is 38.3 Å². The first-order chi connectivity index (χ1) is 6.84. The molecular formula is C12H26N2. The maximum atomic E-state index is 6.15. The van der Waals surface area contributed by atoms with E-state index in [2.05, 4.69) is 12.2 Å². The van der Waals surface area contributed by atoms with Crippen molar-refractivity contribution in [2.45, 2.75) is 57.9 Å². The lowest BCUT2D eigenvalue weighted by Crippen LogP contribution is -2.36. The van der Waals surface area contributed by atoms with Crippen LogP contribution in [-0.2, 0) is 0 Å². The molecule has 0 saturated heterocycles. The number of hydrogen-bond donors (Lipinski definition) is 2. The van der Waals surface area contributed by atoms with Gasteiger partial charge in [0, 0.05) is 6.04 Å². The summed E-state index contributed by atoms with van der Waals surface area (Å²) in [6, 6.07) is 0.451. The van der Waals surface area contributed by atoms with Crippen LogP contribution in [0.1, 0.15) is 51.9 Å². The van der Waals surface area contributed by atoms with Gasteiger partial charge in [0.2, 0.25) is 0 Å². The number of nitrogens with one attached hydrogen (secondary N) is 1. The van der Waals surface area contributed by atoms with Gasteiger partial charge in [-0.3, -0.25) is 0 Å². The SMILES string of the molecule is CCCCNCC1CCCCCC1N. The lowest BCUT2D eigenvalue weighted by Gasteiger charge is -2.21. The Bertz CT molecular complexity index is 136. The summed E-state index contributed by atoms with van der Waals surface area (Å²) in [6.07, 6.45) is 9.26. The fourth-order valence-electron chi connectivity index (χ4n) is 2.26. The molecule has 14 heavy (non-hydrogen) atoms. The maximum absolute atomic E-state index is 6.15. The molecule has 0 aromatic rings. The highest BCUT2D eigenvalue weighted by molar-refractivity contribution is 4.77. The van der Waals surface area contributed by atoms with Crippen LogP contribution in [0.5, 0.6) is 0 Å². The first-order valence-electron chi connectivity index (χ1n) is 6.31. The van der Waals surface area contributed by atoms with Crippen molar-refractivity contribution < 1.29 is 0 Å². The molecule has 1 fully saturated rings. The molecule has 1 aliphatic rings. The standard InChI is InChI=1S/C12H26N2/c1-2-3-9-14-10-11-7-5-4-6-8-12(11)13/h11-12,14H,2-10,13H2,1H3. The average molecular weight is 198 g/mol. The smallest absolute Gasteiger partial charge is 0.00792 e. The molecule has 0 radical (unpaired) electrons. The Morgan fingerprint density at radius 3 is 2.79 bits per heavy atom. The second-order valence-corrected chi connectivity index (χ2v) is 4.62. The molecule has 0 spiro atoms. The third-order valence-corrected chi connectivity index (χ3v) is 3.33. The van der Waals surface area contributed by atoms with E-state index in [0.717, 1.165) is 12.5 Å². The lowest BCUT2D eigenvalue weighted by atomic mass is 9.95. The van der Waals surface area contributed by atoms with E-state index in [1.807, 2.05) is 0 Å². The summed E-state index contributed by atoms with van der Waals surface area (Å²) in [6.45, 7) is 4.54. The molecule has 84 valence electrons. The van der Waals surface area contributed by atoms with Gasteiger partial charge in [0.1, 0.15) is 0 Å². The summed E-state index contributed by atoms with van der Waals surface area (Å²) in [5.41, 5.74) is 6.15. The van der Waals surface area contributed by atoms with E-state index in [1.54, 1.807) is 0 Å². The molecule has 1 rings (SSSR count). The normalized spacial score (nSPS) is 28.7. The minimum atomic E-state index is 0.451. The molecule has 2 atom stereocenters. The zero-order chi connectivity index (χ0) is 10.2. The fraction of sp³-hybridized carbons (Fsp3) is 1.00. The van der Waals surface area contributed by atoms with E-state index < -0.39 is 0 Å². The van der Waals surface area contributed by atoms with Crippen molar-refractivity contribution >= 4 is 0 Å². The second kappa shape index (κ2) is 7.24. The van der Waals surface area contributed by atoms with Crippen molar-refractivity contribution in [3.63, 3.8) is 0 Å². The van der Waals surface area contributed by atoms with Crippen molar-refractivity contribution in [1.82, 2.24) is 5.32 Å². The van der Waals surface area contributed by atoms with E-state index in [4.69, 9.17) is 5.73 Å². The average Bonchev–Trinajstić information content (AvgIpc) is 2.39. The zero-order valence-electron chi connectivity index (χ0n) is 9.60. The monoisotopic (exact) mass is 198 g/mol. The zero-order valence-corrected chi connectivity index (χ0v) is 9.60. The molecule has 0 aromatic carbocycles. The van der Waals surface area contributed by atoms with Gasteiger partial charge < -0.3 is 11.1 Å². The highest BCUT2D eigenvalue weighted by Gasteiger charge is 2.19. The molecule has 1 saturated carbocycles. The Labute approximate surface area is 88.6 Å². The Kier molecular flexibility index (Phi) is 6.20. The topological polar surface area (TPSA) is 38.0 Å². The molecule has 0 aromatic heterocycles. The van der Waals surface area contributed by atoms with Crippen LogP contribution in [0.15, 0.2) is 0 Å². The van der Waals surface area contributed by atoms with E-state index in [1.165, 1.54) is 51.5 Å². The van der Waals surface area contributed by atoms with Gasteiger partial charge in [-0.15, -0.1) is 0 Å². The number of rotatable bonds is 5. The first kappa shape index (κ1) is 12.0. The van der Waals surface area contributed by atoms with E-state index in [0.29, 0.717) is 6.04 Å². The third kappa shape index (κ3) is 4.43. The van der Waals surface area contributed by atoms with E-state index in [9.17, 15) is 0 Å². The molecule has 2 nitrogen and oxygen atoms in total. The van der Waals surface area contributed by atoms with Gasteiger partial charge in [-0.1, -0.05) is 32.6 Å². The largest absolute Gasteiger partial charge is 0.327 e. The highest BCUT2D eigenvalue weighted by atomic mass is 14.9. The van der Waals surface area contributed by atoms with Crippen molar-refractivity contribution in [3.8, 4) is 0 Å². The van der Waals surface area contributed by atoms with Crippen LogP contribution in [0.3, 0.4) is 0 Å².